The van der Waals surface area contributed by atoms with Gasteiger partial charge in [0.2, 0.25) is 0 Å². The van der Waals surface area contributed by atoms with Gasteiger partial charge in [0, 0.05) is 47.8 Å². The number of carbonyl (C=O) groups is 1. The average Bonchev–Trinajstić information content (AvgIpc) is 3.06. The van der Waals surface area contributed by atoms with Gasteiger partial charge in [0.1, 0.15) is 11.4 Å². The molecule has 142 valence electrons. The molecular formula is C20H20ClFN2O2S. The first-order valence-corrected chi connectivity index (χ1v) is 9.60. The molecule has 0 atom stereocenters. The average molecular weight is 407 g/mol. The smallest absolute Gasteiger partial charge is 0.290 e. The zero-order valence-electron chi connectivity index (χ0n) is 14.6. The van der Waals surface area contributed by atoms with Gasteiger partial charge < -0.3 is 14.6 Å². The number of halogens is 2. The van der Waals surface area contributed by atoms with E-state index in [0.717, 1.165) is 24.0 Å². The number of fused-ring (bicyclic) bond motifs is 1. The lowest BCUT2D eigenvalue weighted by molar-refractivity contribution is 0.0705. The number of rotatable bonds is 4. The molecule has 0 bridgehead atoms. The minimum Gasteiger partial charge on any atom is -0.451 e. The topological polar surface area (TPSA) is 45.5 Å². The summed E-state index contributed by atoms with van der Waals surface area (Å²) in [4.78, 5) is 15.4. The van der Waals surface area contributed by atoms with Crippen molar-refractivity contribution in [1.29, 1.82) is 0 Å². The number of amides is 1. The van der Waals surface area contributed by atoms with Gasteiger partial charge in [-0.3, -0.25) is 4.79 Å². The predicted octanol–water partition coefficient (Wildman–Crippen LogP) is 4.33. The summed E-state index contributed by atoms with van der Waals surface area (Å²) in [5, 5.41) is 4.16. The summed E-state index contributed by atoms with van der Waals surface area (Å²) in [6.07, 6.45) is 0. The van der Waals surface area contributed by atoms with Crippen LogP contribution >= 0.6 is 24.2 Å². The van der Waals surface area contributed by atoms with Gasteiger partial charge in [-0.05, 0) is 18.2 Å². The predicted molar refractivity (Wildman–Crippen MR) is 108 cm³/mol. The number of nitrogens with zero attached hydrogens (tertiary/aromatic N) is 1. The van der Waals surface area contributed by atoms with Gasteiger partial charge in [-0.25, -0.2) is 4.39 Å². The first-order valence-electron chi connectivity index (χ1n) is 8.62. The molecule has 1 amide bonds. The molecule has 1 fully saturated rings. The number of hydrogen-bond acceptors (Lipinski definition) is 4. The van der Waals surface area contributed by atoms with Crippen LogP contribution in [0.4, 0.5) is 4.39 Å². The quantitative estimate of drug-likeness (QED) is 0.655. The van der Waals surface area contributed by atoms with E-state index in [1.807, 2.05) is 35.2 Å². The zero-order valence-corrected chi connectivity index (χ0v) is 16.2. The number of thioether (sulfide) groups is 1. The van der Waals surface area contributed by atoms with Crippen LogP contribution in [0, 0.1) is 5.82 Å². The lowest BCUT2D eigenvalue weighted by Crippen LogP contribution is -2.46. The van der Waals surface area contributed by atoms with Crippen molar-refractivity contribution in [1.82, 2.24) is 10.2 Å². The van der Waals surface area contributed by atoms with Crippen LogP contribution in [-0.2, 0) is 5.75 Å². The molecule has 0 radical (unpaired) electrons. The van der Waals surface area contributed by atoms with Gasteiger partial charge in [-0.2, -0.15) is 0 Å². The molecule has 1 aliphatic rings. The molecular weight excluding hydrogens is 387 g/mol. The number of furan rings is 1. The molecule has 2 aromatic carbocycles. The van der Waals surface area contributed by atoms with Crippen molar-refractivity contribution in [2.45, 2.75) is 10.6 Å². The summed E-state index contributed by atoms with van der Waals surface area (Å²) in [5.41, 5.74) is 1.52. The Balaban J connectivity index is 0.00000210. The van der Waals surface area contributed by atoms with Crippen molar-refractivity contribution < 1.29 is 13.6 Å². The maximum absolute atomic E-state index is 14.0. The van der Waals surface area contributed by atoms with Crippen LogP contribution in [0.2, 0.25) is 0 Å². The van der Waals surface area contributed by atoms with E-state index >= 15 is 0 Å². The number of carbonyl (C=O) groups excluding carboxylic acids is 1. The third kappa shape index (κ3) is 4.13. The number of benzene rings is 2. The fourth-order valence-corrected chi connectivity index (χ4v) is 4.11. The van der Waals surface area contributed by atoms with Gasteiger partial charge in [0.15, 0.2) is 5.76 Å². The molecule has 1 aromatic heterocycles. The van der Waals surface area contributed by atoms with Gasteiger partial charge in [-0.1, -0.05) is 30.3 Å². The summed E-state index contributed by atoms with van der Waals surface area (Å²) < 4.78 is 19.9. The Morgan fingerprint density at radius 3 is 2.59 bits per heavy atom. The highest BCUT2D eigenvalue weighted by atomic mass is 35.5. The number of para-hydroxylation sites is 1. The summed E-state index contributed by atoms with van der Waals surface area (Å²) in [5.74, 6) is 0.509. The Kier molecular flexibility index (Phi) is 6.42. The van der Waals surface area contributed by atoms with E-state index < -0.39 is 0 Å². The highest BCUT2D eigenvalue weighted by molar-refractivity contribution is 7.98. The SMILES string of the molecule is Cl.O=C(c1oc2ccccc2c1CSc1ccccc1F)N1CCNCC1. The molecule has 2 heterocycles. The summed E-state index contributed by atoms with van der Waals surface area (Å²) in [7, 11) is 0. The van der Waals surface area contributed by atoms with E-state index in [4.69, 9.17) is 4.42 Å². The van der Waals surface area contributed by atoms with Gasteiger partial charge in [-0.15, -0.1) is 24.2 Å². The van der Waals surface area contributed by atoms with E-state index in [1.54, 1.807) is 12.1 Å². The second-order valence-corrected chi connectivity index (χ2v) is 7.18. The second-order valence-electron chi connectivity index (χ2n) is 6.17. The third-order valence-electron chi connectivity index (χ3n) is 4.51. The van der Waals surface area contributed by atoms with Crippen LogP contribution in [-0.4, -0.2) is 37.0 Å². The minimum absolute atomic E-state index is 0. The highest BCUT2D eigenvalue weighted by Crippen LogP contribution is 2.33. The van der Waals surface area contributed by atoms with Crippen molar-refractivity contribution in [3.05, 3.63) is 65.7 Å². The van der Waals surface area contributed by atoms with E-state index in [0.29, 0.717) is 35.1 Å². The number of hydrogen-bond donors (Lipinski definition) is 1. The molecule has 4 nitrogen and oxygen atoms in total. The first kappa shape index (κ1) is 19.7. The Hall–Kier alpha value is -2.02. The molecule has 0 unspecified atom stereocenters. The van der Waals surface area contributed by atoms with Crippen molar-refractivity contribution in [2.24, 2.45) is 0 Å². The maximum Gasteiger partial charge on any atom is 0.290 e. The summed E-state index contributed by atoms with van der Waals surface area (Å²) >= 11 is 1.38. The van der Waals surface area contributed by atoms with Crippen LogP contribution < -0.4 is 5.32 Å². The van der Waals surface area contributed by atoms with Crippen molar-refractivity contribution in [2.75, 3.05) is 26.2 Å². The first-order chi connectivity index (χ1) is 12.7. The van der Waals surface area contributed by atoms with Crippen LogP contribution in [0.5, 0.6) is 0 Å². The minimum atomic E-state index is -0.250. The molecule has 0 saturated carbocycles. The fraction of sp³-hybridized carbons (Fsp3) is 0.250. The largest absolute Gasteiger partial charge is 0.451 e. The summed E-state index contributed by atoms with van der Waals surface area (Å²) in [6.45, 7) is 2.89. The van der Waals surface area contributed by atoms with Crippen LogP contribution in [0.25, 0.3) is 11.0 Å². The zero-order chi connectivity index (χ0) is 17.9. The standard InChI is InChI=1S/C20H19FN2O2S.ClH/c21-16-6-2-4-8-18(16)26-13-15-14-5-1-3-7-17(14)25-19(15)20(24)23-11-9-22-10-12-23;/h1-8,22H,9-13H2;1H. The van der Waals surface area contributed by atoms with Crippen molar-refractivity contribution >= 4 is 41.0 Å². The Bertz CT molecular complexity index is 941. The molecule has 0 spiro atoms. The Labute approximate surface area is 167 Å². The molecule has 1 N–H and O–H groups in total. The molecule has 7 heteroatoms. The second kappa shape index (κ2) is 8.78. The highest BCUT2D eigenvalue weighted by Gasteiger charge is 2.26. The molecule has 1 saturated heterocycles. The number of piperazine rings is 1. The van der Waals surface area contributed by atoms with E-state index in [9.17, 15) is 9.18 Å². The molecule has 0 aliphatic carbocycles. The molecule has 4 rings (SSSR count). The van der Waals surface area contributed by atoms with E-state index in [2.05, 4.69) is 5.32 Å². The van der Waals surface area contributed by atoms with E-state index in [1.165, 1.54) is 17.8 Å². The Morgan fingerprint density at radius 2 is 1.81 bits per heavy atom. The van der Waals surface area contributed by atoms with Crippen LogP contribution in [0.15, 0.2) is 57.8 Å². The van der Waals surface area contributed by atoms with Crippen LogP contribution in [0.1, 0.15) is 16.1 Å². The van der Waals surface area contributed by atoms with Gasteiger partial charge in [0.05, 0.1) is 0 Å². The fourth-order valence-electron chi connectivity index (χ4n) is 3.14. The normalized spacial score (nSPS) is 14.2. The third-order valence-corrected chi connectivity index (χ3v) is 5.58. The van der Waals surface area contributed by atoms with Gasteiger partial charge >= 0.3 is 0 Å². The van der Waals surface area contributed by atoms with Crippen LogP contribution in [0.3, 0.4) is 0 Å². The molecule has 1 aliphatic heterocycles. The lowest BCUT2D eigenvalue weighted by atomic mass is 10.1. The Morgan fingerprint density at radius 1 is 1.11 bits per heavy atom. The van der Waals surface area contributed by atoms with Crippen molar-refractivity contribution in [3.63, 3.8) is 0 Å². The monoisotopic (exact) mass is 406 g/mol. The maximum atomic E-state index is 14.0. The molecule has 27 heavy (non-hydrogen) atoms. The molecule has 3 aromatic rings. The number of nitrogens with one attached hydrogen (secondary N) is 1. The van der Waals surface area contributed by atoms with Gasteiger partial charge in [0.25, 0.3) is 5.91 Å². The van der Waals surface area contributed by atoms with E-state index in [-0.39, 0.29) is 24.1 Å². The lowest BCUT2D eigenvalue weighted by Gasteiger charge is -2.26. The summed E-state index contributed by atoms with van der Waals surface area (Å²) in [6, 6.07) is 14.3. The van der Waals surface area contributed by atoms with Crippen molar-refractivity contribution in [3.8, 4) is 0 Å².